The van der Waals surface area contributed by atoms with E-state index in [1.807, 2.05) is 0 Å². The van der Waals surface area contributed by atoms with Crippen LogP contribution in [0.15, 0.2) is 0 Å². The van der Waals surface area contributed by atoms with Crippen LogP contribution in [-0.4, -0.2) is 40.0 Å². The van der Waals surface area contributed by atoms with Crippen molar-refractivity contribution in [3.8, 4) is 0 Å². The van der Waals surface area contributed by atoms with Gasteiger partial charge >= 0.3 is 0 Å². The van der Waals surface area contributed by atoms with Gasteiger partial charge in [-0.1, -0.05) is 27.2 Å². The molecule has 1 N–H and O–H groups in total. The van der Waals surface area contributed by atoms with Gasteiger partial charge in [0.2, 0.25) is 0 Å². The summed E-state index contributed by atoms with van der Waals surface area (Å²) in [5.41, 5.74) is 0. The Morgan fingerprint density at radius 3 is 2.47 bits per heavy atom. The highest BCUT2D eigenvalue weighted by Gasteiger charge is 2.07. The van der Waals surface area contributed by atoms with Crippen LogP contribution in [0.25, 0.3) is 0 Å². The molecular formula is C14H31NO2. The minimum absolute atomic E-state index is 0.638. The van der Waals surface area contributed by atoms with Gasteiger partial charge in [0.15, 0.2) is 0 Å². The first kappa shape index (κ1) is 16.9. The van der Waals surface area contributed by atoms with E-state index in [2.05, 4.69) is 26.1 Å². The Kier molecular flexibility index (Phi) is 12.3. The van der Waals surface area contributed by atoms with E-state index in [1.165, 1.54) is 19.3 Å². The summed E-state index contributed by atoms with van der Waals surface area (Å²) in [5, 5.41) is 3.44. The number of nitrogens with one attached hydrogen (secondary N) is 1. The van der Waals surface area contributed by atoms with Crippen LogP contribution in [0.4, 0.5) is 0 Å². The predicted molar refractivity (Wildman–Crippen MR) is 73.4 cm³/mol. The molecule has 0 amide bonds. The van der Waals surface area contributed by atoms with E-state index in [4.69, 9.17) is 9.47 Å². The minimum atomic E-state index is 0.638. The minimum Gasteiger partial charge on any atom is -0.383 e. The van der Waals surface area contributed by atoms with Crippen LogP contribution in [0.3, 0.4) is 0 Å². The lowest BCUT2D eigenvalue weighted by Gasteiger charge is -2.17. The fourth-order valence-corrected chi connectivity index (χ4v) is 1.81. The predicted octanol–water partition coefficient (Wildman–Crippen LogP) is 2.70. The Morgan fingerprint density at radius 2 is 1.88 bits per heavy atom. The maximum atomic E-state index is 5.65. The molecule has 0 bridgehead atoms. The van der Waals surface area contributed by atoms with Crippen LogP contribution in [0.2, 0.25) is 0 Å². The quantitative estimate of drug-likeness (QED) is 0.536. The van der Waals surface area contributed by atoms with E-state index in [-0.39, 0.29) is 0 Å². The highest BCUT2D eigenvalue weighted by atomic mass is 16.5. The molecule has 0 aromatic carbocycles. The van der Waals surface area contributed by atoms with Crippen molar-refractivity contribution in [3.63, 3.8) is 0 Å². The van der Waals surface area contributed by atoms with Gasteiger partial charge in [0.05, 0.1) is 6.61 Å². The third kappa shape index (κ3) is 12.1. The summed E-state index contributed by atoms with van der Waals surface area (Å²) < 4.78 is 10.7. The summed E-state index contributed by atoms with van der Waals surface area (Å²) >= 11 is 0. The molecule has 0 aliphatic carbocycles. The normalized spacial score (nSPS) is 13.2. The molecule has 104 valence electrons. The van der Waals surface area contributed by atoms with E-state index in [0.717, 1.165) is 38.8 Å². The molecule has 0 aromatic heterocycles. The van der Waals surface area contributed by atoms with Crippen LogP contribution in [0.1, 0.15) is 40.0 Å². The molecule has 0 saturated heterocycles. The third-order valence-electron chi connectivity index (χ3n) is 2.73. The standard InChI is InChI=1S/C14H31NO2/c1-5-6-14(11-15-8-10-16-4)7-9-17-12-13(2)3/h13-15H,5-12H2,1-4H3. The fourth-order valence-electron chi connectivity index (χ4n) is 1.81. The molecule has 0 aliphatic rings. The Hall–Kier alpha value is -0.120. The highest BCUT2D eigenvalue weighted by molar-refractivity contribution is 4.62. The van der Waals surface area contributed by atoms with Gasteiger partial charge in [-0.15, -0.1) is 0 Å². The van der Waals surface area contributed by atoms with Gasteiger partial charge in [-0.05, 0) is 31.2 Å². The molecule has 1 unspecified atom stereocenters. The fraction of sp³-hybridized carbons (Fsp3) is 1.00. The molecular weight excluding hydrogens is 214 g/mol. The number of rotatable bonds is 12. The van der Waals surface area contributed by atoms with Gasteiger partial charge < -0.3 is 14.8 Å². The second-order valence-electron chi connectivity index (χ2n) is 5.11. The van der Waals surface area contributed by atoms with Crippen LogP contribution in [-0.2, 0) is 9.47 Å². The molecule has 0 heterocycles. The zero-order valence-electron chi connectivity index (χ0n) is 12.1. The molecule has 0 radical (unpaired) electrons. The average molecular weight is 245 g/mol. The van der Waals surface area contributed by atoms with Gasteiger partial charge in [0.25, 0.3) is 0 Å². The third-order valence-corrected chi connectivity index (χ3v) is 2.73. The van der Waals surface area contributed by atoms with E-state index >= 15 is 0 Å². The molecule has 1 atom stereocenters. The average Bonchev–Trinajstić information content (AvgIpc) is 2.29. The largest absolute Gasteiger partial charge is 0.383 e. The summed E-state index contributed by atoms with van der Waals surface area (Å²) in [6.07, 6.45) is 3.70. The van der Waals surface area contributed by atoms with E-state index in [0.29, 0.717) is 5.92 Å². The lowest BCUT2D eigenvalue weighted by molar-refractivity contribution is 0.0962. The summed E-state index contributed by atoms with van der Waals surface area (Å²) in [5.74, 6) is 1.38. The zero-order valence-corrected chi connectivity index (χ0v) is 12.1. The number of methoxy groups -OCH3 is 1. The molecule has 0 rings (SSSR count). The van der Waals surface area contributed by atoms with Crippen molar-refractivity contribution < 1.29 is 9.47 Å². The van der Waals surface area contributed by atoms with Gasteiger partial charge in [-0.25, -0.2) is 0 Å². The topological polar surface area (TPSA) is 30.5 Å². The van der Waals surface area contributed by atoms with Crippen molar-refractivity contribution >= 4 is 0 Å². The summed E-state index contributed by atoms with van der Waals surface area (Å²) in [6.45, 7) is 11.2. The van der Waals surface area contributed by atoms with E-state index in [9.17, 15) is 0 Å². The van der Waals surface area contributed by atoms with E-state index < -0.39 is 0 Å². The summed E-state index contributed by atoms with van der Waals surface area (Å²) in [6, 6.07) is 0. The Bertz CT molecular complexity index is 151. The molecule has 0 fully saturated rings. The van der Waals surface area contributed by atoms with Crippen LogP contribution in [0.5, 0.6) is 0 Å². The number of hydrogen-bond donors (Lipinski definition) is 1. The molecule has 0 saturated carbocycles. The molecule has 3 nitrogen and oxygen atoms in total. The van der Waals surface area contributed by atoms with Crippen molar-refractivity contribution in [3.05, 3.63) is 0 Å². The van der Waals surface area contributed by atoms with Crippen LogP contribution < -0.4 is 5.32 Å². The summed E-state index contributed by atoms with van der Waals surface area (Å²) in [4.78, 5) is 0. The lowest BCUT2D eigenvalue weighted by Crippen LogP contribution is -2.27. The van der Waals surface area contributed by atoms with Crippen molar-refractivity contribution in [1.29, 1.82) is 0 Å². The zero-order chi connectivity index (χ0) is 12.9. The number of ether oxygens (including phenoxy) is 2. The Morgan fingerprint density at radius 1 is 1.12 bits per heavy atom. The van der Waals surface area contributed by atoms with Crippen LogP contribution >= 0.6 is 0 Å². The monoisotopic (exact) mass is 245 g/mol. The Balaban J connectivity index is 3.52. The molecule has 0 spiro atoms. The molecule has 3 heteroatoms. The first-order valence-electron chi connectivity index (χ1n) is 6.98. The maximum Gasteiger partial charge on any atom is 0.0587 e. The maximum absolute atomic E-state index is 5.65. The van der Waals surface area contributed by atoms with Crippen molar-refractivity contribution in [2.24, 2.45) is 11.8 Å². The highest BCUT2D eigenvalue weighted by Crippen LogP contribution is 2.10. The SMILES string of the molecule is CCCC(CCOCC(C)C)CNCCOC. The molecule has 0 aromatic rings. The first-order chi connectivity index (χ1) is 8.20. The lowest BCUT2D eigenvalue weighted by atomic mass is 10.0. The van der Waals surface area contributed by atoms with Gasteiger partial charge in [-0.2, -0.15) is 0 Å². The molecule has 0 aliphatic heterocycles. The second-order valence-corrected chi connectivity index (χ2v) is 5.11. The van der Waals surface area contributed by atoms with Crippen molar-refractivity contribution in [2.45, 2.75) is 40.0 Å². The smallest absolute Gasteiger partial charge is 0.0587 e. The van der Waals surface area contributed by atoms with Gasteiger partial charge in [0.1, 0.15) is 0 Å². The van der Waals surface area contributed by atoms with Crippen molar-refractivity contribution in [2.75, 3.05) is 40.0 Å². The molecule has 17 heavy (non-hydrogen) atoms. The van der Waals surface area contributed by atoms with Gasteiger partial charge in [-0.3, -0.25) is 0 Å². The van der Waals surface area contributed by atoms with Gasteiger partial charge in [0, 0.05) is 26.9 Å². The summed E-state index contributed by atoms with van der Waals surface area (Å²) in [7, 11) is 1.74. The number of hydrogen-bond acceptors (Lipinski definition) is 3. The van der Waals surface area contributed by atoms with E-state index in [1.54, 1.807) is 7.11 Å². The Labute approximate surface area is 107 Å². The first-order valence-corrected chi connectivity index (χ1v) is 6.98. The van der Waals surface area contributed by atoms with Crippen LogP contribution in [0, 0.1) is 11.8 Å². The second kappa shape index (κ2) is 12.3. The van der Waals surface area contributed by atoms with Crippen molar-refractivity contribution in [1.82, 2.24) is 5.32 Å².